The van der Waals surface area contributed by atoms with Crippen LogP contribution in [0.5, 0.6) is 0 Å². The van der Waals surface area contributed by atoms with Crippen LogP contribution in [-0.2, 0) is 33.2 Å². The van der Waals surface area contributed by atoms with E-state index < -0.39 is 0 Å². The monoisotopic (exact) mass is 352 g/mol. The number of aldehydes is 1. The van der Waals surface area contributed by atoms with Crippen molar-refractivity contribution >= 4 is 6.29 Å². The van der Waals surface area contributed by atoms with Crippen LogP contribution in [0.1, 0.15) is 12.8 Å². The third-order valence-electron chi connectivity index (χ3n) is 2.71. The number of rotatable bonds is 21. The Morgan fingerprint density at radius 2 is 0.875 bits per heavy atom. The second-order valence-electron chi connectivity index (χ2n) is 4.71. The van der Waals surface area contributed by atoms with Crippen LogP contribution < -0.4 is 0 Å². The van der Waals surface area contributed by atoms with E-state index in [4.69, 9.17) is 33.5 Å². The van der Waals surface area contributed by atoms with Crippen molar-refractivity contribution in [3.8, 4) is 0 Å². The van der Waals surface area contributed by atoms with Gasteiger partial charge in [-0.1, -0.05) is 0 Å². The van der Waals surface area contributed by atoms with E-state index >= 15 is 0 Å². The van der Waals surface area contributed by atoms with E-state index in [2.05, 4.69) is 0 Å². The number of unbranched alkanes of at least 4 members (excludes halogenated alkanes) is 1. The SMILES string of the molecule is O=CCCCOCCOCCOCCOCCOCCOCCO. The molecule has 0 aliphatic carbocycles. The Labute approximate surface area is 144 Å². The Kier molecular flexibility index (Phi) is 21.8. The van der Waals surface area contributed by atoms with Gasteiger partial charge in [-0.3, -0.25) is 0 Å². The van der Waals surface area contributed by atoms with Crippen molar-refractivity contribution < 1.29 is 38.3 Å². The topological polar surface area (TPSA) is 92.7 Å². The lowest BCUT2D eigenvalue weighted by molar-refractivity contribution is -0.108. The molecule has 0 rings (SSSR count). The molecule has 8 heteroatoms. The maximum atomic E-state index is 10.1. The van der Waals surface area contributed by atoms with Gasteiger partial charge in [-0.25, -0.2) is 0 Å². The highest BCUT2D eigenvalue weighted by molar-refractivity contribution is 5.48. The molecule has 0 atom stereocenters. The van der Waals surface area contributed by atoms with Gasteiger partial charge in [-0.2, -0.15) is 0 Å². The van der Waals surface area contributed by atoms with Gasteiger partial charge in [0.2, 0.25) is 0 Å². The second kappa shape index (κ2) is 22.4. The number of aliphatic hydroxyl groups excluding tert-OH is 1. The molecule has 0 aromatic rings. The average molecular weight is 352 g/mol. The Morgan fingerprint density at radius 3 is 1.21 bits per heavy atom. The quantitative estimate of drug-likeness (QED) is 0.229. The minimum Gasteiger partial charge on any atom is -0.394 e. The van der Waals surface area contributed by atoms with Gasteiger partial charge < -0.3 is 38.3 Å². The molecule has 0 unspecified atom stereocenters. The van der Waals surface area contributed by atoms with Crippen molar-refractivity contribution in [3.63, 3.8) is 0 Å². The highest BCUT2D eigenvalue weighted by Crippen LogP contribution is 1.87. The highest BCUT2D eigenvalue weighted by atomic mass is 16.6. The summed E-state index contributed by atoms with van der Waals surface area (Å²) in [7, 11) is 0. The van der Waals surface area contributed by atoms with E-state index in [-0.39, 0.29) is 6.61 Å². The molecular formula is C16H32O8. The van der Waals surface area contributed by atoms with Gasteiger partial charge in [0, 0.05) is 13.0 Å². The summed E-state index contributed by atoms with van der Waals surface area (Å²) in [6.07, 6.45) is 2.20. The van der Waals surface area contributed by atoms with Crippen molar-refractivity contribution in [1.82, 2.24) is 0 Å². The summed E-state index contributed by atoms with van der Waals surface area (Å²) in [5.41, 5.74) is 0. The van der Waals surface area contributed by atoms with Crippen LogP contribution in [0.2, 0.25) is 0 Å². The number of hydrogen-bond donors (Lipinski definition) is 1. The summed E-state index contributed by atoms with van der Waals surface area (Å²) >= 11 is 0. The predicted octanol–water partition coefficient (Wildman–Crippen LogP) is 0.0574. The van der Waals surface area contributed by atoms with Gasteiger partial charge in [0.1, 0.15) is 6.29 Å². The highest BCUT2D eigenvalue weighted by Gasteiger charge is 1.94. The first-order chi connectivity index (χ1) is 11.9. The zero-order valence-corrected chi connectivity index (χ0v) is 14.5. The Bertz CT molecular complexity index is 240. The van der Waals surface area contributed by atoms with E-state index in [0.29, 0.717) is 85.7 Å². The fraction of sp³-hybridized carbons (Fsp3) is 0.938. The molecule has 0 aromatic heterocycles. The molecule has 1 N–H and O–H groups in total. The summed E-state index contributed by atoms with van der Waals surface area (Å²) in [4.78, 5) is 10.1. The van der Waals surface area contributed by atoms with Gasteiger partial charge in [0.25, 0.3) is 0 Å². The van der Waals surface area contributed by atoms with Gasteiger partial charge in [-0.05, 0) is 6.42 Å². The molecule has 24 heavy (non-hydrogen) atoms. The number of carbonyl (C=O) groups excluding carboxylic acids is 1. The second-order valence-corrected chi connectivity index (χ2v) is 4.71. The molecule has 0 aliphatic heterocycles. The zero-order chi connectivity index (χ0) is 17.6. The van der Waals surface area contributed by atoms with Crippen LogP contribution in [0.4, 0.5) is 0 Å². The molecule has 0 aromatic carbocycles. The number of aliphatic hydroxyl groups is 1. The maximum absolute atomic E-state index is 10.1. The standard InChI is InChI=1S/C16H32O8/c17-3-1-2-5-19-7-9-21-11-13-23-15-16-24-14-12-22-10-8-20-6-4-18/h3,18H,1-2,4-16H2. The van der Waals surface area contributed by atoms with Crippen molar-refractivity contribution in [3.05, 3.63) is 0 Å². The van der Waals surface area contributed by atoms with Crippen LogP contribution >= 0.6 is 0 Å². The molecule has 0 amide bonds. The van der Waals surface area contributed by atoms with Gasteiger partial charge in [-0.15, -0.1) is 0 Å². The maximum Gasteiger partial charge on any atom is 0.120 e. The van der Waals surface area contributed by atoms with E-state index in [1.54, 1.807) is 0 Å². The lowest BCUT2D eigenvalue weighted by Gasteiger charge is -2.08. The lowest BCUT2D eigenvalue weighted by Crippen LogP contribution is -2.14. The third-order valence-corrected chi connectivity index (χ3v) is 2.71. The molecule has 0 spiro atoms. The summed E-state index contributed by atoms with van der Waals surface area (Å²) in [5, 5.41) is 8.50. The van der Waals surface area contributed by atoms with Crippen LogP contribution in [0, 0.1) is 0 Å². The van der Waals surface area contributed by atoms with E-state index in [0.717, 1.165) is 12.7 Å². The first-order valence-electron chi connectivity index (χ1n) is 8.42. The van der Waals surface area contributed by atoms with Crippen molar-refractivity contribution in [2.45, 2.75) is 12.8 Å². The fourth-order valence-corrected chi connectivity index (χ4v) is 1.53. The average Bonchev–Trinajstić information content (AvgIpc) is 2.60. The Morgan fingerprint density at radius 1 is 0.542 bits per heavy atom. The molecule has 0 radical (unpaired) electrons. The zero-order valence-electron chi connectivity index (χ0n) is 14.5. The molecule has 0 heterocycles. The Balaban J connectivity index is 2.94. The first kappa shape index (κ1) is 23.4. The van der Waals surface area contributed by atoms with Crippen LogP contribution in [0.3, 0.4) is 0 Å². The summed E-state index contributed by atoms with van der Waals surface area (Å²) in [6, 6.07) is 0. The van der Waals surface area contributed by atoms with Gasteiger partial charge in [0.05, 0.1) is 79.3 Å². The molecule has 0 saturated heterocycles. The molecule has 0 bridgehead atoms. The van der Waals surface area contributed by atoms with Crippen molar-refractivity contribution in [1.29, 1.82) is 0 Å². The smallest absolute Gasteiger partial charge is 0.120 e. The molecule has 0 aliphatic rings. The van der Waals surface area contributed by atoms with Crippen molar-refractivity contribution in [2.24, 2.45) is 0 Å². The molecule has 0 fully saturated rings. The van der Waals surface area contributed by atoms with Crippen LogP contribution in [-0.4, -0.2) is 97.3 Å². The molecule has 8 nitrogen and oxygen atoms in total. The van der Waals surface area contributed by atoms with E-state index in [1.807, 2.05) is 0 Å². The molecule has 0 saturated carbocycles. The lowest BCUT2D eigenvalue weighted by atomic mass is 10.3. The van der Waals surface area contributed by atoms with Crippen LogP contribution in [0.15, 0.2) is 0 Å². The minimum atomic E-state index is 0.0322. The minimum absolute atomic E-state index is 0.0322. The van der Waals surface area contributed by atoms with Gasteiger partial charge >= 0.3 is 0 Å². The fourth-order valence-electron chi connectivity index (χ4n) is 1.53. The summed E-state index contributed by atoms with van der Waals surface area (Å²) in [6.45, 7) is 6.12. The molecule has 144 valence electrons. The number of ether oxygens (including phenoxy) is 6. The number of carbonyl (C=O) groups is 1. The summed E-state index contributed by atoms with van der Waals surface area (Å²) in [5.74, 6) is 0. The number of hydrogen-bond acceptors (Lipinski definition) is 8. The van der Waals surface area contributed by atoms with Crippen molar-refractivity contribution in [2.75, 3.05) is 85.9 Å². The Hall–Kier alpha value is -0.610. The van der Waals surface area contributed by atoms with E-state index in [1.165, 1.54) is 0 Å². The normalized spacial score (nSPS) is 11.0. The summed E-state index contributed by atoms with van der Waals surface area (Å²) < 4.78 is 31.6. The third kappa shape index (κ3) is 21.4. The molecular weight excluding hydrogens is 320 g/mol. The van der Waals surface area contributed by atoms with E-state index in [9.17, 15) is 4.79 Å². The first-order valence-corrected chi connectivity index (χ1v) is 8.42. The van der Waals surface area contributed by atoms with Crippen LogP contribution in [0.25, 0.3) is 0 Å². The predicted molar refractivity (Wildman–Crippen MR) is 87.3 cm³/mol. The van der Waals surface area contributed by atoms with Gasteiger partial charge in [0.15, 0.2) is 0 Å². The largest absolute Gasteiger partial charge is 0.394 e.